The van der Waals surface area contributed by atoms with E-state index in [1.807, 2.05) is 11.8 Å². The summed E-state index contributed by atoms with van der Waals surface area (Å²) in [5.74, 6) is 0.699. The van der Waals surface area contributed by atoms with E-state index >= 15 is 0 Å². The Kier molecular flexibility index (Phi) is 3.92. The predicted octanol–water partition coefficient (Wildman–Crippen LogP) is 2.40. The van der Waals surface area contributed by atoms with Crippen LogP contribution in [0.4, 0.5) is 0 Å². The van der Waals surface area contributed by atoms with Crippen LogP contribution in [0.3, 0.4) is 0 Å². The first-order valence-electron chi connectivity index (χ1n) is 7.06. The van der Waals surface area contributed by atoms with E-state index in [0.717, 1.165) is 25.9 Å². The van der Waals surface area contributed by atoms with Gasteiger partial charge in [-0.05, 0) is 37.5 Å². The van der Waals surface area contributed by atoms with Crippen LogP contribution in [0.25, 0.3) is 0 Å². The molecule has 2 rings (SSSR count). The van der Waals surface area contributed by atoms with Gasteiger partial charge in [-0.2, -0.15) is 15.4 Å². The predicted molar refractivity (Wildman–Crippen MR) is 73.8 cm³/mol. The van der Waals surface area contributed by atoms with Gasteiger partial charge < -0.3 is 4.90 Å². The average molecular weight is 264 g/mol. The minimum atomic E-state index is 0.0146. The maximum absolute atomic E-state index is 12.4. The molecule has 1 aliphatic rings. The monoisotopic (exact) mass is 264 g/mol. The van der Waals surface area contributed by atoms with Crippen molar-refractivity contribution in [2.45, 2.75) is 47.0 Å². The highest BCUT2D eigenvalue weighted by atomic mass is 16.2. The van der Waals surface area contributed by atoms with Gasteiger partial charge in [-0.25, -0.2) is 0 Å². The Labute approximate surface area is 114 Å². The second-order valence-corrected chi connectivity index (χ2v) is 6.54. The lowest BCUT2D eigenvalue weighted by atomic mass is 9.77. The first kappa shape index (κ1) is 14.0. The molecule has 1 atom stereocenters. The van der Waals surface area contributed by atoms with Crippen LogP contribution >= 0.6 is 0 Å². The minimum absolute atomic E-state index is 0.0146. The van der Waals surface area contributed by atoms with Gasteiger partial charge >= 0.3 is 0 Å². The Morgan fingerprint density at radius 2 is 2.00 bits per heavy atom. The summed E-state index contributed by atoms with van der Waals surface area (Å²) in [4.78, 5) is 14.3. The van der Waals surface area contributed by atoms with Crippen molar-refractivity contribution in [3.8, 4) is 0 Å². The van der Waals surface area contributed by atoms with Gasteiger partial charge in [0.05, 0.1) is 5.69 Å². The third-order valence-corrected chi connectivity index (χ3v) is 4.16. The van der Waals surface area contributed by atoms with Crippen LogP contribution in [-0.2, 0) is 0 Å². The summed E-state index contributed by atoms with van der Waals surface area (Å²) < 4.78 is 0. The SMILES string of the molecule is Cc1n[nH]nc1C(=O)N1CCCC(C(C)(C)C)CC1. The summed E-state index contributed by atoms with van der Waals surface area (Å²) in [6.45, 7) is 10.3. The van der Waals surface area contributed by atoms with Crippen molar-refractivity contribution in [2.24, 2.45) is 11.3 Å². The lowest BCUT2D eigenvalue weighted by Gasteiger charge is -2.29. The molecule has 1 N–H and O–H groups in total. The van der Waals surface area contributed by atoms with Crippen LogP contribution in [0.1, 0.15) is 56.2 Å². The fourth-order valence-corrected chi connectivity index (χ4v) is 2.80. The van der Waals surface area contributed by atoms with Crippen molar-refractivity contribution in [3.05, 3.63) is 11.4 Å². The molecule has 0 aliphatic carbocycles. The second kappa shape index (κ2) is 5.31. The van der Waals surface area contributed by atoms with Crippen LogP contribution in [0.5, 0.6) is 0 Å². The topological polar surface area (TPSA) is 61.9 Å². The highest BCUT2D eigenvalue weighted by Crippen LogP contribution is 2.34. The first-order valence-corrected chi connectivity index (χ1v) is 7.06. The molecule has 1 aromatic heterocycles. The summed E-state index contributed by atoms with van der Waals surface area (Å²) in [5.41, 5.74) is 1.47. The number of aromatic amines is 1. The van der Waals surface area contributed by atoms with Gasteiger partial charge in [-0.3, -0.25) is 4.79 Å². The van der Waals surface area contributed by atoms with Crippen LogP contribution in [-0.4, -0.2) is 39.3 Å². The maximum Gasteiger partial charge on any atom is 0.276 e. The molecule has 1 aliphatic heterocycles. The zero-order valence-electron chi connectivity index (χ0n) is 12.4. The molecule has 1 amide bonds. The number of aromatic nitrogens is 3. The Balaban J connectivity index is 2.04. The van der Waals surface area contributed by atoms with Crippen molar-refractivity contribution in [3.63, 3.8) is 0 Å². The van der Waals surface area contributed by atoms with Gasteiger partial charge in [-0.1, -0.05) is 20.8 Å². The molecule has 0 radical (unpaired) electrons. The van der Waals surface area contributed by atoms with Crippen molar-refractivity contribution < 1.29 is 4.79 Å². The highest BCUT2D eigenvalue weighted by Gasteiger charge is 2.29. The van der Waals surface area contributed by atoms with Crippen molar-refractivity contribution >= 4 is 5.91 Å². The molecule has 1 fully saturated rings. The Morgan fingerprint density at radius 1 is 1.26 bits per heavy atom. The first-order chi connectivity index (χ1) is 8.89. The Hall–Kier alpha value is -1.39. The van der Waals surface area contributed by atoms with Crippen molar-refractivity contribution in [2.75, 3.05) is 13.1 Å². The second-order valence-electron chi connectivity index (χ2n) is 6.54. The van der Waals surface area contributed by atoms with E-state index in [0.29, 0.717) is 22.7 Å². The Morgan fingerprint density at radius 3 is 2.58 bits per heavy atom. The number of nitrogens with one attached hydrogen (secondary N) is 1. The van der Waals surface area contributed by atoms with Gasteiger partial charge in [0.15, 0.2) is 5.69 Å². The minimum Gasteiger partial charge on any atom is -0.337 e. The number of carbonyl (C=O) groups excluding carboxylic acids is 1. The average Bonchev–Trinajstić information content (AvgIpc) is 2.62. The van der Waals surface area contributed by atoms with Gasteiger partial charge in [0.25, 0.3) is 5.91 Å². The maximum atomic E-state index is 12.4. The summed E-state index contributed by atoms with van der Waals surface area (Å²) in [5, 5.41) is 10.4. The molecule has 5 heteroatoms. The smallest absolute Gasteiger partial charge is 0.276 e. The quantitative estimate of drug-likeness (QED) is 0.847. The molecule has 2 heterocycles. The lowest BCUT2D eigenvalue weighted by molar-refractivity contribution is 0.0749. The lowest BCUT2D eigenvalue weighted by Crippen LogP contribution is -2.33. The molecular formula is C14H24N4O. The number of aryl methyl sites for hydroxylation is 1. The van der Waals surface area contributed by atoms with Crippen LogP contribution in [0.2, 0.25) is 0 Å². The fourth-order valence-electron chi connectivity index (χ4n) is 2.80. The molecule has 1 aromatic rings. The molecule has 19 heavy (non-hydrogen) atoms. The van der Waals surface area contributed by atoms with E-state index < -0.39 is 0 Å². The van der Waals surface area contributed by atoms with E-state index in [-0.39, 0.29) is 5.91 Å². The van der Waals surface area contributed by atoms with E-state index in [4.69, 9.17) is 0 Å². The number of hydrogen-bond acceptors (Lipinski definition) is 3. The number of hydrogen-bond donors (Lipinski definition) is 1. The molecule has 0 spiro atoms. The number of carbonyl (C=O) groups is 1. The van der Waals surface area contributed by atoms with Crippen LogP contribution in [0.15, 0.2) is 0 Å². The summed E-state index contributed by atoms with van der Waals surface area (Å²) in [6, 6.07) is 0. The van der Waals surface area contributed by atoms with Gasteiger partial charge in [-0.15, -0.1) is 0 Å². The molecule has 0 saturated carbocycles. The summed E-state index contributed by atoms with van der Waals surface area (Å²) in [6.07, 6.45) is 3.35. The van der Waals surface area contributed by atoms with Gasteiger partial charge in [0, 0.05) is 13.1 Å². The zero-order chi connectivity index (χ0) is 14.0. The van der Waals surface area contributed by atoms with E-state index in [9.17, 15) is 4.79 Å². The number of amides is 1. The van der Waals surface area contributed by atoms with Gasteiger partial charge in [0.1, 0.15) is 0 Å². The van der Waals surface area contributed by atoms with Gasteiger partial charge in [0.2, 0.25) is 0 Å². The molecule has 106 valence electrons. The summed E-state index contributed by atoms with van der Waals surface area (Å²) in [7, 11) is 0. The van der Waals surface area contributed by atoms with Crippen LogP contribution < -0.4 is 0 Å². The van der Waals surface area contributed by atoms with E-state index in [1.54, 1.807) is 0 Å². The third kappa shape index (κ3) is 3.14. The zero-order valence-corrected chi connectivity index (χ0v) is 12.4. The van der Waals surface area contributed by atoms with E-state index in [2.05, 4.69) is 36.2 Å². The standard InChI is InChI=1S/C14H24N4O/c1-10-12(16-17-15-10)13(19)18-8-5-6-11(7-9-18)14(2,3)4/h11H,5-9H2,1-4H3,(H,15,16,17). The third-order valence-electron chi connectivity index (χ3n) is 4.16. The number of nitrogens with zero attached hydrogens (tertiary/aromatic N) is 3. The van der Waals surface area contributed by atoms with Crippen molar-refractivity contribution in [1.29, 1.82) is 0 Å². The van der Waals surface area contributed by atoms with Crippen molar-refractivity contribution in [1.82, 2.24) is 20.3 Å². The number of H-pyrrole nitrogens is 1. The Bertz CT molecular complexity index is 447. The van der Waals surface area contributed by atoms with E-state index in [1.165, 1.54) is 6.42 Å². The molecule has 1 unspecified atom stereocenters. The highest BCUT2D eigenvalue weighted by molar-refractivity contribution is 5.93. The number of rotatable bonds is 1. The largest absolute Gasteiger partial charge is 0.337 e. The molecule has 5 nitrogen and oxygen atoms in total. The molecular weight excluding hydrogens is 240 g/mol. The molecule has 0 bridgehead atoms. The molecule has 1 saturated heterocycles. The van der Waals surface area contributed by atoms with Crippen LogP contribution in [0, 0.1) is 18.3 Å². The fraction of sp³-hybridized carbons (Fsp3) is 0.786. The molecule has 0 aromatic carbocycles. The number of likely N-dealkylation sites (tertiary alicyclic amines) is 1. The summed E-state index contributed by atoms with van der Waals surface area (Å²) >= 11 is 0. The normalized spacial score (nSPS) is 21.3.